The van der Waals surface area contributed by atoms with Crippen molar-refractivity contribution >= 4 is 24.2 Å². The molecule has 0 saturated heterocycles. The Morgan fingerprint density at radius 3 is 2.82 bits per heavy atom. The number of halogens is 1. The molecular formula is C8H7ClO2. The quantitative estimate of drug-likeness (QED) is 0.462. The van der Waals surface area contributed by atoms with Gasteiger partial charge in [-0.3, -0.25) is 4.79 Å². The number of alkyl halides is 1. The average Bonchev–Trinajstić information content (AvgIpc) is 2.05. The molecule has 2 nitrogen and oxygen atoms in total. The van der Waals surface area contributed by atoms with Gasteiger partial charge in [0.05, 0.1) is 0 Å². The van der Waals surface area contributed by atoms with E-state index in [9.17, 15) is 9.59 Å². The second-order valence-corrected chi connectivity index (χ2v) is 3.14. The van der Waals surface area contributed by atoms with Crippen LogP contribution in [0.2, 0.25) is 0 Å². The molecule has 1 rings (SSSR count). The molecule has 1 aliphatic rings. The Morgan fingerprint density at radius 2 is 2.27 bits per heavy atom. The Bertz CT molecular complexity index is 242. The van der Waals surface area contributed by atoms with Crippen molar-refractivity contribution in [3.05, 3.63) is 23.8 Å². The number of allylic oxidation sites excluding steroid dienone is 4. The summed E-state index contributed by atoms with van der Waals surface area (Å²) >= 11 is 5.78. The third kappa shape index (κ3) is 1.77. The third-order valence-corrected chi connectivity index (χ3v) is 1.85. The summed E-state index contributed by atoms with van der Waals surface area (Å²) in [5.74, 6) is 0. The smallest absolute Gasteiger partial charge is 0.146 e. The highest BCUT2D eigenvalue weighted by atomic mass is 35.5. The molecule has 1 unspecified atom stereocenters. The minimum atomic E-state index is -0.995. The molecule has 0 saturated carbocycles. The van der Waals surface area contributed by atoms with E-state index in [4.69, 9.17) is 11.6 Å². The summed E-state index contributed by atoms with van der Waals surface area (Å²) < 4.78 is 0. The predicted molar refractivity (Wildman–Crippen MR) is 42.6 cm³/mol. The maximum atomic E-state index is 10.4. The lowest BCUT2D eigenvalue weighted by Gasteiger charge is -2.17. The van der Waals surface area contributed by atoms with Crippen molar-refractivity contribution in [2.45, 2.75) is 11.3 Å². The Morgan fingerprint density at radius 1 is 1.55 bits per heavy atom. The van der Waals surface area contributed by atoms with Crippen LogP contribution in [0.15, 0.2) is 23.8 Å². The Hall–Kier alpha value is -0.890. The molecular weight excluding hydrogens is 164 g/mol. The molecule has 0 bridgehead atoms. The van der Waals surface area contributed by atoms with E-state index < -0.39 is 4.87 Å². The molecule has 0 aromatic heterocycles. The van der Waals surface area contributed by atoms with Crippen molar-refractivity contribution in [3.8, 4) is 0 Å². The van der Waals surface area contributed by atoms with Crippen molar-refractivity contribution in [2.24, 2.45) is 0 Å². The zero-order valence-electron chi connectivity index (χ0n) is 5.79. The van der Waals surface area contributed by atoms with Crippen LogP contribution in [-0.4, -0.2) is 17.4 Å². The Labute approximate surface area is 69.5 Å². The molecule has 0 amide bonds. The van der Waals surface area contributed by atoms with Crippen LogP contribution < -0.4 is 0 Å². The predicted octanol–water partition coefficient (Wildman–Crippen LogP) is 1.25. The van der Waals surface area contributed by atoms with Crippen LogP contribution in [0.4, 0.5) is 0 Å². The summed E-state index contributed by atoms with van der Waals surface area (Å²) in [4.78, 5) is 19.7. The number of carbonyl (C=O) groups is 2. The molecule has 0 fully saturated rings. The van der Waals surface area contributed by atoms with Gasteiger partial charge in [0.25, 0.3) is 0 Å². The standard InChI is InChI=1S/C8H7ClO2/c9-8(6-11)3-1-2-7(4-8)5-10/h1-3,5-6H,4H2. The molecule has 1 atom stereocenters. The maximum Gasteiger partial charge on any atom is 0.146 e. The molecule has 0 heterocycles. The number of rotatable bonds is 2. The van der Waals surface area contributed by atoms with Crippen LogP contribution in [0.5, 0.6) is 0 Å². The minimum Gasteiger partial charge on any atom is -0.301 e. The zero-order chi connectivity index (χ0) is 8.32. The van der Waals surface area contributed by atoms with Crippen molar-refractivity contribution in [3.63, 3.8) is 0 Å². The molecule has 0 aromatic carbocycles. The van der Waals surface area contributed by atoms with Crippen LogP contribution in [0.3, 0.4) is 0 Å². The first-order valence-electron chi connectivity index (χ1n) is 3.19. The van der Waals surface area contributed by atoms with E-state index in [1.165, 1.54) is 0 Å². The summed E-state index contributed by atoms with van der Waals surface area (Å²) in [5, 5.41) is 0. The molecule has 0 spiro atoms. The average molecular weight is 171 g/mol. The van der Waals surface area contributed by atoms with Gasteiger partial charge in [-0.1, -0.05) is 18.2 Å². The van der Waals surface area contributed by atoms with Crippen LogP contribution in [0, 0.1) is 0 Å². The monoisotopic (exact) mass is 170 g/mol. The summed E-state index contributed by atoms with van der Waals surface area (Å²) in [6, 6.07) is 0. The van der Waals surface area contributed by atoms with Crippen LogP contribution in [-0.2, 0) is 9.59 Å². The van der Waals surface area contributed by atoms with Gasteiger partial charge in [-0.25, -0.2) is 0 Å². The van der Waals surface area contributed by atoms with E-state index in [2.05, 4.69) is 0 Å². The molecule has 0 radical (unpaired) electrons. The van der Waals surface area contributed by atoms with E-state index in [1.54, 1.807) is 18.2 Å². The third-order valence-electron chi connectivity index (χ3n) is 1.51. The van der Waals surface area contributed by atoms with Crippen molar-refractivity contribution in [1.82, 2.24) is 0 Å². The lowest BCUT2D eigenvalue weighted by molar-refractivity contribution is -0.109. The summed E-state index contributed by atoms with van der Waals surface area (Å²) in [6.45, 7) is 0. The molecule has 0 aromatic rings. The fourth-order valence-electron chi connectivity index (χ4n) is 0.924. The number of hydrogen-bond acceptors (Lipinski definition) is 2. The van der Waals surface area contributed by atoms with E-state index in [1.807, 2.05) is 0 Å². The topological polar surface area (TPSA) is 34.1 Å². The second-order valence-electron chi connectivity index (χ2n) is 2.44. The highest BCUT2D eigenvalue weighted by Crippen LogP contribution is 2.26. The van der Waals surface area contributed by atoms with Gasteiger partial charge in [0.2, 0.25) is 0 Å². The lowest BCUT2D eigenvalue weighted by Crippen LogP contribution is -2.22. The first-order valence-corrected chi connectivity index (χ1v) is 3.57. The maximum absolute atomic E-state index is 10.4. The Kier molecular flexibility index (Phi) is 2.25. The SMILES string of the molecule is O=CC1=CC=CC(Cl)(C=O)C1. The number of hydrogen-bond donors (Lipinski definition) is 0. The van der Waals surface area contributed by atoms with Gasteiger partial charge >= 0.3 is 0 Å². The lowest BCUT2D eigenvalue weighted by atomic mass is 9.95. The number of carbonyl (C=O) groups excluding carboxylic acids is 2. The summed E-state index contributed by atoms with van der Waals surface area (Å²) in [7, 11) is 0. The van der Waals surface area contributed by atoms with Crippen molar-refractivity contribution < 1.29 is 9.59 Å². The van der Waals surface area contributed by atoms with Crippen molar-refractivity contribution in [2.75, 3.05) is 0 Å². The van der Waals surface area contributed by atoms with Gasteiger partial charge in [-0.05, 0) is 5.57 Å². The van der Waals surface area contributed by atoms with Gasteiger partial charge in [0.1, 0.15) is 17.4 Å². The van der Waals surface area contributed by atoms with Crippen LogP contribution in [0.1, 0.15) is 6.42 Å². The zero-order valence-corrected chi connectivity index (χ0v) is 6.54. The van der Waals surface area contributed by atoms with Gasteiger partial charge in [-0.2, -0.15) is 0 Å². The molecule has 11 heavy (non-hydrogen) atoms. The van der Waals surface area contributed by atoms with Gasteiger partial charge in [-0.15, -0.1) is 11.6 Å². The molecule has 0 N–H and O–H groups in total. The largest absolute Gasteiger partial charge is 0.301 e. The molecule has 1 aliphatic carbocycles. The highest BCUT2D eigenvalue weighted by Gasteiger charge is 2.26. The minimum absolute atomic E-state index is 0.290. The van der Waals surface area contributed by atoms with Gasteiger partial charge in [0.15, 0.2) is 0 Å². The normalized spacial score (nSPS) is 29.4. The first kappa shape index (κ1) is 8.21. The van der Waals surface area contributed by atoms with Gasteiger partial charge in [0, 0.05) is 6.42 Å². The molecule has 3 heteroatoms. The summed E-state index contributed by atoms with van der Waals surface area (Å²) in [6.07, 6.45) is 6.49. The summed E-state index contributed by atoms with van der Waals surface area (Å²) in [5.41, 5.74) is 0.551. The fourth-order valence-corrected chi connectivity index (χ4v) is 1.15. The van der Waals surface area contributed by atoms with E-state index in [0.29, 0.717) is 18.1 Å². The second kappa shape index (κ2) is 3.01. The van der Waals surface area contributed by atoms with E-state index >= 15 is 0 Å². The van der Waals surface area contributed by atoms with Crippen LogP contribution >= 0.6 is 11.6 Å². The molecule has 0 aliphatic heterocycles. The first-order chi connectivity index (χ1) is 5.20. The van der Waals surface area contributed by atoms with Crippen molar-refractivity contribution in [1.29, 1.82) is 0 Å². The number of aldehydes is 2. The van der Waals surface area contributed by atoms with Crippen LogP contribution in [0.25, 0.3) is 0 Å². The van der Waals surface area contributed by atoms with E-state index in [-0.39, 0.29) is 6.42 Å². The Balaban J connectivity index is 2.84. The van der Waals surface area contributed by atoms with Gasteiger partial charge < -0.3 is 4.79 Å². The highest BCUT2D eigenvalue weighted by molar-refractivity contribution is 6.33. The molecule has 58 valence electrons. The fraction of sp³-hybridized carbons (Fsp3) is 0.250. The van der Waals surface area contributed by atoms with E-state index in [0.717, 1.165) is 0 Å².